The zero-order valence-corrected chi connectivity index (χ0v) is 17.6. The number of hydrogen-bond donors (Lipinski definition) is 0. The van der Waals surface area contributed by atoms with E-state index in [1.54, 1.807) is 0 Å². The van der Waals surface area contributed by atoms with Gasteiger partial charge in [0, 0.05) is 11.1 Å². The van der Waals surface area contributed by atoms with E-state index in [1.165, 1.54) is 0 Å². The number of alkyl halides is 12. The molecule has 0 atom stereocenters. The van der Waals surface area contributed by atoms with Crippen LogP contribution in [0.4, 0.5) is 52.7 Å². The lowest BCUT2D eigenvalue weighted by atomic mass is 10.0. The lowest BCUT2D eigenvalue weighted by Gasteiger charge is -2.19. The lowest BCUT2D eigenvalue weighted by molar-refractivity contribution is -0.147. The second-order valence-corrected chi connectivity index (χ2v) is 7.18. The molecule has 0 aromatic heterocycles. The molecule has 0 unspecified atom stereocenters. The van der Waals surface area contributed by atoms with Crippen molar-refractivity contribution in [3.63, 3.8) is 0 Å². The first kappa shape index (κ1) is 29.4. The summed E-state index contributed by atoms with van der Waals surface area (Å²) in [5.74, 6) is -1.16. The van der Waals surface area contributed by atoms with Crippen LogP contribution in [0.3, 0.4) is 0 Å². The topological polar surface area (TPSA) is 35.5 Å². The maximum absolute atomic E-state index is 13.1. The van der Waals surface area contributed by atoms with Crippen molar-refractivity contribution in [2.75, 3.05) is 13.2 Å². The molecule has 2 rings (SSSR count). The SMILES string of the molecule is O=C(COCc1c(C(F)(F)F)cccc1C(F)(F)F)COCc1c(C(F)(F)F)cccc1C(F)(F)F. The Bertz CT molecular complexity index is 918. The third kappa shape index (κ3) is 7.59. The second-order valence-electron chi connectivity index (χ2n) is 7.18. The smallest absolute Gasteiger partial charge is 0.369 e. The van der Waals surface area contributed by atoms with Crippen molar-refractivity contribution in [3.05, 3.63) is 69.8 Å². The van der Waals surface area contributed by atoms with E-state index >= 15 is 0 Å². The molecule has 0 aliphatic carbocycles. The molecule has 3 nitrogen and oxygen atoms in total. The minimum atomic E-state index is -5.19. The molecule has 15 heteroatoms. The summed E-state index contributed by atoms with van der Waals surface area (Å²) >= 11 is 0. The van der Waals surface area contributed by atoms with E-state index in [0.29, 0.717) is 36.4 Å². The summed E-state index contributed by atoms with van der Waals surface area (Å²) in [6, 6.07) is 2.54. The molecule has 0 bridgehead atoms. The van der Waals surface area contributed by atoms with E-state index in [2.05, 4.69) is 9.47 Å². The molecule has 2 aromatic rings. The van der Waals surface area contributed by atoms with Crippen LogP contribution in [0.25, 0.3) is 0 Å². The summed E-state index contributed by atoms with van der Waals surface area (Å²) in [6.07, 6.45) is -20.7. The van der Waals surface area contributed by atoms with Crippen molar-refractivity contribution < 1.29 is 67.0 Å². The number of hydrogen-bond acceptors (Lipinski definition) is 3. The zero-order valence-electron chi connectivity index (χ0n) is 17.6. The Balaban J connectivity index is 2.09. The molecule has 0 saturated heterocycles. The van der Waals surface area contributed by atoms with E-state index < -0.39 is 90.3 Å². The summed E-state index contributed by atoms with van der Waals surface area (Å²) < 4.78 is 166. The fourth-order valence-electron chi connectivity index (χ4n) is 3.12. The second kappa shape index (κ2) is 10.7. The molecule has 0 aliphatic rings. The molecule has 2 aromatic carbocycles. The number of carbonyl (C=O) groups excluding carboxylic acids is 1. The van der Waals surface area contributed by atoms with Crippen LogP contribution >= 0.6 is 0 Å². The largest absolute Gasteiger partial charge is 0.416 e. The van der Waals surface area contributed by atoms with Gasteiger partial charge in [0.1, 0.15) is 13.2 Å². The minimum absolute atomic E-state index is 0.370. The van der Waals surface area contributed by atoms with Crippen LogP contribution in [0, 0.1) is 0 Å². The number of benzene rings is 2. The van der Waals surface area contributed by atoms with E-state index in [0.717, 1.165) is 0 Å². The predicted molar refractivity (Wildman–Crippen MR) is 97.2 cm³/mol. The highest BCUT2D eigenvalue weighted by molar-refractivity contribution is 5.80. The molecule has 200 valence electrons. The first-order chi connectivity index (χ1) is 16.3. The average molecular weight is 542 g/mol. The monoisotopic (exact) mass is 542 g/mol. The van der Waals surface area contributed by atoms with Crippen molar-refractivity contribution in [2.45, 2.75) is 37.9 Å². The van der Waals surface area contributed by atoms with Gasteiger partial charge in [-0.05, 0) is 24.3 Å². The molecule has 0 fully saturated rings. The Morgan fingerprint density at radius 2 is 0.778 bits per heavy atom. The quantitative estimate of drug-likeness (QED) is 0.335. The highest BCUT2D eigenvalue weighted by Gasteiger charge is 2.41. The van der Waals surface area contributed by atoms with Gasteiger partial charge in [-0.25, -0.2) is 0 Å². The van der Waals surface area contributed by atoms with E-state index in [1.807, 2.05) is 0 Å². The standard InChI is InChI=1S/C21H14F12O3/c22-18(23,24)14-3-1-4-15(19(25,26)27)12(14)9-35-7-11(34)8-36-10-13-16(20(28,29)30)5-2-6-17(13)21(31,32)33/h1-6H,7-10H2. The fraction of sp³-hybridized carbons (Fsp3) is 0.381. The van der Waals surface area contributed by atoms with Crippen LogP contribution < -0.4 is 0 Å². The molecule has 36 heavy (non-hydrogen) atoms. The van der Waals surface area contributed by atoms with Gasteiger partial charge < -0.3 is 9.47 Å². The number of ketones is 1. The summed E-state index contributed by atoms with van der Waals surface area (Å²) in [4.78, 5) is 11.8. The normalized spacial score (nSPS) is 13.2. The zero-order chi connectivity index (χ0) is 27.5. The van der Waals surface area contributed by atoms with Gasteiger partial charge in [0.15, 0.2) is 5.78 Å². The van der Waals surface area contributed by atoms with Crippen LogP contribution in [0.5, 0.6) is 0 Å². The van der Waals surface area contributed by atoms with Gasteiger partial charge in [-0.1, -0.05) is 12.1 Å². The maximum Gasteiger partial charge on any atom is 0.416 e. The van der Waals surface area contributed by atoms with Gasteiger partial charge in [-0.3, -0.25) is 4.79 Å². The predicted octanol–water partition coefficient (Wildman–Crippen LogP) is 7.06. The van der Waals surface area contributed by atoms with Gasteiger partial charge in [0.25, 0.3) is 0 Å². The van der Waals surface area contributed by atoms with Gasteiger partial charge >= 0.3 is 24.7 Å². The van der Waals surface area contributed by atoms with Crippen LogP contribution in [-0.2, 0) is 52.2 Å². The minimum Gasteiger partial charge on any atom is -0.369 e. The molecule has 0 spiro atoms. The molecule has 0 heterocycles. The Labute approximate surface area is 194 Å². The molecule has 0 aliphatic heterocycles. The van der Waals surface area contributed by atoms with Crippen molar-refractivity contribution >= 4 is 5.78 Å². The van der Waals surface area contributed by atoms with E-state index in [4.69, 9.17) is 0 Å². The molecule has 0 radical (unpaired) electrons. The highest BCUT2D eigenvalue weighted by Crippen LogP contribution is 2.41. The molecular weight excluding hydrogens is 528 g/mol. The lowest BCUT2D eigenvalue weighted by Crippen LogP contribution is -2.21. The third-order valence-corrected chi connectivity index (χ3v) is 4.59. The Morgan fingerprint density at radius 1 is 0.528 bits per heavy atom. The number of Topliss-reactive ketones (excluding diaryl/α,β-unsaturated/α-hetero) is 1. The van der Waals surface area contributed by atoms with Gasteiger partial charge in [-0.15, -0.1) is 0 Å². The van der Waals surface area contributed by atoms with Crippen molar-refractivity contribution in [1.29, 1.82) is 0 Å². The molecular formula is C21H14F12O3. The summed E-state index contributed by atoms with van der Waals surface area (Å²) in [6.45, 7) is -4.89. The Morgan fingerprint density at radius 3 is 1.00 bits per heavy atom. The average Bonchev–Trinajstić information content (AvgIpc) is 2.70. The van der Waals surface area contributed by atoms with Crippen LogP contribution in [0.2, 0.25) is 0 Å². The Hall–Kier alpha value is -2.81. The highest BCUT2D eigenvalue weighted by atomic mass is 19.4. The van der Waals surface area contributed by atoms with Crippen LogP contribution in [0.1, 0.15) is 33.4 Å². The van der Waals surface area contributed by atoms with Gasteiger partial charge in [-0.2, -0.15) is 52.7 Å². The number of carbonyl (C=O) groups is 1. The first-order valence-electron chi connectivity index (χ1n) is 9.53. The van der Waals surface area contributed by atoms with Crippen molar-refractivity contribution in [1.82, 2.24) is 0 Å². The van der Waals surface area contributed by atoms with Crippen LogP contribution in [0.15, 0.2) is 36.4 Å². The molecule has 0 amide bonds. The molecule has 0 N–H and O–H groups in total. The number of ether oxygens (including phenoxy) is 2. The summed E-state index contributed by atoms with van der Waals surface area (Å²) in [5.41, 5.74) is -9.26. The number of halogens is 12. The fourth-order valence-corrected chi connectivity index (χ4v) is 3.12. The van der Waals surface area contributed by atoms with Gasteiger partial charge in [0.05, 0.1) is 35.5 Å². The van der Waals surface area contributed by atoms with Crippen molar-refractivity contribution in [2.24, 2.45) is 0 Å². The van der Waals surface area contributed by atoms with E-state index in [9.17, 15) is 57.5 Å². The molecule has 0 saturated carbocycles. The maximum atomic E-state index is 13.1. The van der Waals surface area contributed by atoms with E-state index in [-0.39, 0.29) is 0 Å². The van der Waals surface area contributed by atoms with Gasteiger partial charge in [0.2, 0.25) is 0 Å². The summed E-state index contributed by atoms with van der Waals surface area (Å²) in [5, 5.41) is 0. The Kier molecular flexibility index (Phi) is 8.71. The summed E-state index contributed by atoms with van der Waals surface area (Å²) in [7, 11) is 0. The first-order valence-corrected chi connectivity index (χ1v) is 9.53. The third-order valence-electron chi connectivity index (χ3n) is 4.59. The van der Waals surface area contributed by atoms with Crippen LogP contribution in [-0.4, -0.2) is 19.0 Å². The van der Waals surface area contributed by atoms with Crippen molar-refractivity contribution in [3.8, 4) is 0 Å². The number of rotatable bonds is 8.